The summed E-state index contributed by atoms with van der Waals surface area (Å²) in [5.41, 5.74) is -0.459. The second-order valence-electron chi connectivity index (χ2n) is 6.86. The predicted octanol–water partition coefficient (Wildman–Crippen LogP) is 2.67. The SMILES string of the molecule is CC(C)(C)OC(=O)N1CC(CC(=O)O)(OCc2ccccc2)C1. The Balaban J connectivity index is 1.94. The number of carboxylic acid groups (broad SMARTS) is 1. The molecule has 1 aliphatic heterocycles. The largest absolute Gasteiger partial charge is 0.481 e. The molecule has 126 valence electrons. The van der Waals surface area contributed by atoms with Crippen LogP contribution in [0.1, 0.15) is 32.8 Å². The van der Waals surface area contributed by atoms with Gasteiger partial charge in [0.1, 0.15) is 11.2 Å². The van der Waals surface area contributed by atoms with Gasteiger partial charge in [-0.3, -0.25) is 4.79 Å². The van der Waals surface area contributed by atoms with E-state index in [9.17, 15) is 9.59 Å². The van der Waals surface area contributed by atoms with Crippen LogP contribution in [0.4, 0.5) is 4.79 Å². The maximum atomic E-state index is 12.0. The molecule has 1 aromatic carbocycles. The summed E-state index contributed by atoms with van der Waals surface area (Å²) in [5, 5.41) is 9.11. The van der Waals surface area contributed by atoms with Crippen LogP contribution in [-0.4, -0.2) is 46.4 Å². The van der Waals surface area contributed by atoms with Crippen LogP contribution in [-0.2, 0) is 20.9 Å². The minimum absolute atomic E-state index is 0.140. The van der Waals surface area contributed by atoms with E-state index in [1.54, 1.807) is 20.8 Å². The third-order valence-corrected chi connectivity index (χ3v) is 3.47. The van der Waals surface area contributed by atoms with Crippen molar-refractivity contribution in [3.8, 4) is 0 Å². The van der Waals surface area contributed by atoms with Gasteiger partial charge in [-0.15, -0.1) is 0 Å². The maximum Gasteiger partial charge on any atom is 0.410 e. The van der Waals surface area contributed by atoms with E-state index < -0.39 is 23.3 Å². The van der Waals surface area contributed by atoms with Crippen molar-refractivity contribution >= 4 is 12.1 Å². The molecule has 0 spiro atoms. The fourth-order valence-electron chi connectivity index (χ4n) is 2.45. The molecule has 2 rings (SSSR count). The molecule has 1 N–H and O–H groups in total. The fraction of sp³-hybridized carbons (Fsp3) is 0.529. The van der Waals surface area contributed by atoms with Gasteiger partial charge >= 0.3 is 12.1 Å². The van der Waals surface area contributed by atoms with Crippen molar-refractivity contribution < 1.29 is 24.2 Å². The van der Waals surface area contributed by atoms with Crippen LogP contribution in [0.15, 0.2) is 30.3 Å². The summed E-state index contributed by atoms with van der Waals surface area (Å²) in [4.78, 5) is 24.6. The molecular weight excluding hydrogens is 298 g/mol. The van der Waals surface area contributed by atoms with E-state index in [-0.39, 0.29) is 19.5 Å². The average molecular weight is 321 g/mol. The van der Waals surface area contributed by atoms with E-state index in [1.165, 1.54) is 4.90 Å². The molecule has 1 aromatic rings. The molecular formula is C17H23NO5. The first-order valence-corrected chi connectivity index (χ1v) is 7.57. The molecule has 0 aliphatic carbocycles. The van der Waals surface area contributed by atoms with Crippen LogP contribution >= 0.6 is 0 Å². The molecule has 0 unspecified atom stereocenters. The number of amides is 1. The minimum Gasteiger partial charge on any atom is -0.481 e. The summed E-state index contributed by atoms with van der Waals surface area (Å²) in [7, 11) is 0. The van der Waals surface area contributed by atoms with E-state index >= 15 is 0 Å². The van der Waals surface area contributed by atoms with Gasteiger partial charge in [0.2, 0.25) is 0 Å². The molecule has 23 heavy (non-hydrogen) atoms. The van der Waals surface area contributed by atoms with E-state index in [0.717, 1.165) is 5.56 Å². The van der Waals surface area contributed by atoms with Crippen molar-refractivity contribution in [2.45, 2.75) is 45.0 Å². The van der Waals surface area contributed by atoms with Crippen LogP contribution in [0.3, 0.4) is 0 Å². The smallest absolute Gasteiger partial charge is 0.410 e. The number of carbonyl (C=O) groups excluding carboxylic acids is 1. The van der Waals surface area contributed by atoms with Gasteiger partial charge in [-0.25, -0.2) is 4.79 Å². The number of hydrogen-bond acceptors (Lipinski definition) is 4. The lowest BCUT2D eigenvalue weighted by atomic mass is 9.90. The zero-order chi connectivity index (χ0) is 17.1. The van der Waals surface area contributed by atoms with Gasteiger partial charge in [-0.1, -0.05) is 30.3 Å². The molecule has 0 saturated carbocycles. The summed E-state index contributed by atoms with van der Waals surface area (Å²) in [6.45, 7) is 6.14. The molecule has 1 heterocycles. The first-order valence-electron chi connectivity index (χ1n) is 7.57. The summed E-state index contributed by atoms with van der Waals surface area (Å²) in [6.07, 6.45) is -0.583. The van der Waals surface area contributed by atoms with Gasteiger partial charge in [0.05, 0.1) is 26.1 Å². The van der Waals surface area contributed by atoms with E-state index in [1.807, 2.05) is 30.3 Å². The zero-order valence-electron chi connectivity index (χ0n) is 13.7. The third kappa shape index (κ3) is 4.96. The third-order valence-electron chi connectivity index (χ3n) is 3.47. The number of rotatable bonds is 5. The van der Waals surface area contributed by atoms with E-state index in [0.29, 0.717) is 6.61 Å². The molecule has 0 aromatic heterocycles. The average Bonchev–Trinajstić information content (AvgIpc) is 2.39. The second kappa shape index (κ2) is 6.58. The second-order valence-corrected chi connectivity index (χ2v) is 6.86. The predicted molar refractivity (Wildman–Crippen MR) is 84.0 cm³/mol. The van der Waals surface area contributed by atoms with Crippen molar-refractivity contribution in [3.05, 3.63) is 35.9 Å². The van der Waals surface area contributed by atoms with Crippen LogP contribution in [0, 0.1) is 0 Å². The lowest BCUT2D eigenvalue weighted by Gasteiger charge is -2.48. The molecule has 6 nitrogen and oxygen atoms in total. The van der Waals surface area contributed by atoms with Crippen molar-refractivity contribution in [1.82, 2.24) is 4.90 Å². The van der Waals surface area contributed by atoms with Crippen LogP contribution in [0.25, 0.3) is 0 Å². The fourth-order valence-corrected chi connectivity index (χ4v) is 2.45. The number of benzene rings is 1. The monoisotopic (exact) mass is 321 g/mol. The summed E-state index contributed by atoms with van der Waals surface area (Å²) in [6, 6.07) is 9.54. The standard InChI is InChI=1S/C17H23NO5/c1-16(2,3)23-15(21)18-11-17(12-18,9-14(19)20)22-10-13-7-5-4-6-8-13/h4-8H,9-12H2,1-3H3,(H,19,20). The minimum atomic E-state index is -0.943. The first-order chi connectivity index (χ1) is 10.7. The topological polar surface area (TPSA) is 76.1 Å². The Kier molecular flexibility index (Phi) is 4.94. The Morgan fingerprint density at radius 2 is 1.83 bits per heavy atom. The number of carbonyl (C=O) groups is 2. The van der Waals surface area contributed by atoms with Crippen LogP contribution in [0.5, 0.6) is 0 Å². The lowest BCUT2D eigenvalue weighted by Crippen LogP contribution is -2.65. The highest BCUT2D eigenvalue weighted by atomic mass is 16.6. The maximum absolute atomic E-state index is 12.0. The molecule has 0 atom stereocenters. The summed E-state index contributed by atoms with van der Waals surface area (Å²) >= 11 is 0. The van der Waals surface area contributed by atoms with Crippen molar-refractivity contribution in [2.24, 2.45) is 0 Å². The Bertz CT molecular complexity index is 558. The van der Waals surface area contributed by atoms with Crippen LogP contribution in [0.2, 0.25) is 0 Å². The number of nitrogens with zero attached hydrogens (tertiary/aromatic N) is 1. The molecule has 0 radical (unpaired) electrons. The quantitative estimate of drug-likeness (QED) is 0.902. The number of carboxylic acids is 1. The highest BCUT2D eigenvalue weighted by Crippen LogP contribution is 2.31. The van der Waals surface area contributed by atoms with Crippen LogP contribution < -0.4 is 0 Å². The zero-order valence-corrected chi connectivity index (χ0v) is 13.7. The summed E-state index contributed by atoms with van der Waals surface area (Å²) in [5.74, 6) is -0.943. The van der Waals surface area contributed by atoms with E-state index in [4.69, 9.17) is 14.6 Å². The van der Waals surface area contributed by atoms with Crippen molar-refractivity contribution in [3.63, 3.8) is 0 Å². The van der Waals surface area contributed by atoms with Gasteiger partial charge in [0, 0.05) is 0 Å². The normalized spacial score (nSPS) is 16.6. The molecule has 6 heteroatoms. The molecule has 1 amide bonds. The Labute approximate surface area is 136 Å². The van der Waals surface area contributed by atoms with Gasteiger partial charge in [-0.05, 0) is 26.3 Å². The van der Waals surface area contributed by atoms with Crippen molar-refractivity contribution in [1.29, 1.82) is 0 Å². The van der Waals surface area contributed by atoms with Gasteiger partial charge in [0.15, 0.2) is 0 Å². The van der Waals surface area contributed by atoms with Crippen molar-refractivity contribution in [2.75, 3.05) is 13.1 Å². The van der Waals surface area contributed by atoms with Gasteiger partial charge in [-0.2, -0.15) is 0 Å². The number of hydrogen-bond donors (Lipinski definition) is 1. The molecule has 1 saturated heterocycles. The highest BCUT2D eigenvalue weighted by molar-refractivity contribution is 5.72. The number of likely N-dealkylation sites (tertiary alicyclic amines) is 1. The number of aliphatic carboxylic acids is 1. The molecule has 0 bridgehead atoms. The first kappa shape index (κ1) is 17.3. The molecule has 1 aliphatic rings. The summed E-state index contributed by atoms with van der Waals surface area (Å²) < 4.78 is 11.1. The Morgan fingerprint density at radius 1 is 1.22 bits per heavy atom. The van der Waals surface area contributed by atoms with Gasteiger partial charge in [0.25, 0.3) is 0 Å². The van der Waals surface area contributed by atoms with E-state index in [2.05, 4.69) is 0 Å². The van der Waals surface area contributed by atoms with Gasteiger partial charge < -0.3 is 19.5 Å². The number of ether oxygens (including phenoxy) is 2. The molecule has 1 fully saturated rings. The highest BCUT2D eigenvalue weighted by Gasteiger charge is 2.49. The lowest BCUT2D eigenvalue weighted by molar-refractivity contribution is -0.170. The Hall–Kier alpha value is -2.08. The Morgan fingerprint density at radius 3 is 2.35 bits per heavy atom.